The SMILES string of the molecule is CCN(CC)c1nc2ccccc2nc1C(=O)Nc1ccccc1C(=O)OC. The van der Waals surface area contributed by atoms with Gasteiger partial charge in [-0.3, -0.25) is 4.79 Å². The van der Waals surface area contributed by atoms with Crippen LogP contribution in [0.15, 0.2) is 48.5 Å². The maximum Gasteiger partial charge on any atom is 0.339 e. The van der Waals surface area contributed by atoms with Crippen molar-refractivity contribution in [3.63, 3.8) is 0 Å². The highest BCUT2D eigenvalue weighted by molar-refractivity contribution is 6.10. The van der Waals surface area contributed by atoms with Crippen molar-refractivity contribution in [1.29, 1.82) is 0 Å². The number of hydrogen-bond acceptors (Lipinski definition) is 6. The second-order valence-corrected chi connectivity index (χ2v) is 6.05. The van der Waals surface area contributed by atoms with Crippen LogP contribution in [0, 0.1) is 0 Å². The molecule has 28 heavy (non-hydrogen) atoms. The second-order valence-electron chi connectivity index (χ2n) is 6.05. The Morgan fingerprint density at radius 2 is 1.57 bits per heavy atom. The number of carbonyl (C=O) groups is 2. The van der Waals surface area contributed by atoms with E-state index in [0.29, 0.717) is 30.1 Å². The molecule has 0 saturated heterocycles. The van der Waals surface area contributed by atoms with Crippen molar-refractivity contribution >= 4 is 34.4 Å². The summed E-state index contributed by atoms with van der Waals surface area (Å²) in [6.07, 6.45) is 0. The summed E-state index contributed by atoms with van der Waals surface area (Å²) in [5.41, 5.74) is 2.19. The molecule has 0 bridgehead atoms. The summed E-state index contributed by atoms with van der Waals surface area (Å²) in [5, 5.41) is 2.78. The van der Waals surface area contributed by atoms with E-state index in [9.17, 15) is 9.59 Å². The predicted octanol–water partition coefficient (Wildman–Crippen LogP) is 3.51. The van der Waals surface area contributed by atoms with Crippen molar-refractivity contribution in [3.05, 3.63) is 59.8 Å². The third-order valence-electron chi connectivity index (χ3n) is 4.41. The molecule has 0 unspecified atom stereocenters. The Bertz CT molecular complexity index is 1020. The van der Waals surface area contributed by atoms with Crippen LogP contribution < -0.4 is 10.2 Å². The highest BCUT2D eigenvalue weighted by Gasteiger charge is 2.22. The smallest absolute Gasteiger partial charge is 0.339 e. The number of amides is 1. The van der Waals surface area contributed by atoms with Crippen molar-refractivity contribution in [2.75, 3.05) is 30.4 Å². The van der Waals surface area contributed by atoms with Crippen LogP contribution in [0.25, 0.3) is 11.0 Å². The zero-order chi connectivity index (χ0) is 20.1. The van der Waals surface area contributed by atoms with Gasteiger partial charge in [0.25, 0.3) is 5.91 Å². The third kappa shape index (κ3) is 3.78. The predicted molar refractivity (Wildman–Crippen MR) is 109 cm³/mol. The van der Waals surface area contributed by atoms with Gasteiger partial charge < -0.3 is 15.0 Å². The Kier molecular flexibility index (Phi) is 5.84. The monoisotopic (exact) mass is 378 g/mol. The number of methoxy groups -OCH3 is 1. The van der Waals surface area contributed by atoms with Gasteiger partial charge in [-0.1, -0.05) is 24.3 Å². The molecule has 0 atom stereocenters. The molecule has 1 N–H and O–H groups in total. The Labute approximate surface area is 163 Å². The molecule has 1 heterocycles. The Morgan fingerprint density at radius 1 is 0.964 bits per heavy atom. The van der Waals surface area contributed by atoms with Gasteiger partial charge in [0.15, 0.2) is 11.5 Å². The molecule has 7 nitrogen and oxygen atoms in total. The lowest BCUT2D eigenvalue weighted by Gasteiger charge is -2.22. The number of hydrogen-bond donors (Lipinski definition) is 1. The fourth-order valence-electron chi connectivity index (χ4n) is 2.95. The number of nitrogens with zero attached hydrogens (tertiary/aromatic N) is 3. The molecule has 3 aromatic rings. The quantitative estimate of drug-likeness (QED) is 0.661. The highest BCUT2D eigenvalue weighted by Crippen LogP contribution is 2.23. The number of carbonyl (C=O) groups excluding carboxylic acids is 2. The van der Waals surface area contributed by atoms with Gasteiger partial charge in [-0.15, -0.1) is 0 Å². The fraction of sp³-hybridized carbons (Fsp3) is 0.238. The van der Waals surface area contributed by atoms with E-state index in [-0.39, 0.29) is 11.3 Å². The maximum atomic E-state index is 13.1. The van der Waals surface area contributed by atoms with E-state index < -0.39 is 11.9 Å². The molecule has 0 aliphatic heterocycles. The van der Waals surface area contributed by atoms with Gasteiger partial charge in [-0.25, -0.2) is 14.8 Å². The third-order valence-corrected chi connectivity index (χ3v) is 4.41. The summed E-state index contributed by atoms with van der Waals surface area (Å²) in [4.78, 5) is 36.3. The van der Waals surface area contributed by atoms with Crippen LogP contribution in [0.3, 0.4) is 0 Å². The molecule has 2 aromatic carbocycles. The van der Waals surface area contributed by atoms with Crippen LogP contribution in [0.5, 0.6) is 0 Å². The van der Waals surface area contributed by atoms with Gasteiger partial charge in [0.1, 0.15) is 0 Å². The van der Waals surface area contributed by atoms with Crippen LogP contribution in [-0.2, 0) is 4.74 Å². The van der Waals surface area contributed by atoms with Crippen LogP contribution in [-0.4, -0.2) is 42.0 Å². The van der Waals surface area contributed by atoms with E-state index in [4.69, 9.17) is 4.74 Å². The van der Waals surface area contributed by atoms with E-state index in [1.807, 2.05) is 43.0 Å². The highest BCUT2D eigenvalue weighted by atomic mass is 16.5. The zero-order valence-corrected chi connectivity index (χ0v) is 16.1. The molecule has 1 amide bonds. The minimum atomic E-state index is -0.524. The lowest BCUT2D eigenvalue weighted by atomic mass is 10.1. The van der Waals surface area contributed by atoms with Gasteiger partial charge in [-0.2, -0.15) is 0 Å². The average molecular weight is 378 g/mol. The summed E-state index contributed by atoms with van der Waals surface area (Å²) in [5.74, 6) is -0.447. The molecule has 144 valence electrons. The maximum absolute atomic E-state index is 13.1. The molecule has 0 aliphatic carbocycles. The number of fused-ring (bicyclic) bond motifs is 1. The number of para-hydroxylation sites is 3. The summed E-state index contributed by atoms with van der Waals surface area (Å²) in [6.45, 7) is 5.36. The number of ether oxygens (including phenoxy) is 1. The molecule has 7 heteroatoms. The van der Waals surface area contributed by atoms with Crippen molar-refractivity contribution < 1.29 is 14.3 Å². The van der Waals surface area contributed by atoms with E-state index >= 15 is 0 Å². The summed E-state index contributed by atoms with van der Waals surface area (Å²) in [6, 6.07) is 14.1. The molecule has 0 aliphatic rings. The molecule has 0 saturated carbocycles. The molecular formula is C21H22N4O3. The van der Waals surface area contributed by atoms with Gasteiger partial charge >= 0.3 is 5.97 Å². The number of esters is 1. The lowest BCUT2D eigenvalue weighted by Crippen LogP contribution is -2.28. The minimum Gasteiger partial charge on any atom is -0.465 e. The number of anilines is 2. The normalized spacial score (nSPS) is 10.5. The van der Waals surface area contributed by atoms with Crippen molar-refractivity contribution in [2.24, 2.45) is 0 Å². The van der Waals surface area contributed by atoms with Gasteiger partial charge in [0.2, 0.25) is 0 Å². The molecule has 0 fully saturated rings. The number of rotatable bonds is 6. The fourth-order valence-corrected chi connectivity index (χ4v) is 2.95. The number of benzene rings is 2. The average Bonchev–Trinajstić information content (AvgIpc) is 2.74. The number of nitrogens with one attached hydrogen (secondary N) is 1. The largest absolute Gasteiger partial charge is 0.465 e. The Hall–Kier alpha value is -3.48. The molecule has 0 spiro atoms. The first-order valence-electron chi connectivity index (χ1n) is 9.09. The first-order valence-corrected chi connectivity index (χ1v) is 9.09. The lowest BCUT2D eigenvalue weighted by molar-refractivity contribution is 0.0602. The van der Waals surface area contributed by atoms with Crippen LogP contribution >= 0.6 is 0 Å². The van der Waals surface area contributed by atoms with E-state index in [1.165, 1.54) is 7.11 Å². The van der Waals surface area contributed by atoms with Crippen LogP contribution in [0.2, 0.25) is 0 Å². The molecule has 0 radical (unpaired) electrons. The first-order chi connectivity index (χ1) is 13.6. The Balaban J connectivity index is 2.06. The minimum absolute atomic E-state index is 0.210. The number of aromatic nitrogens is 2. The van der Waals surface area contributed by atoms with Gasteiger partial charge in [0.05, 0.1) is 29.4 Å². The molecule has 1 aromatic heterocycles. The van der Waals surface area contributed by atoms with Crippen LogP contribution in [0.1, 0.15) is 34.7 Å². The Morgan fingerprint density at radius 3 is 2.21 bits per heavy atom. The van der Waals surface area contributed by atoms with Crippen molar-refractivity contribution in [3.8, 4) is 0 Å². The summed E-state index contributed by atoms with van der Waals surface area (Å²) >= 11 is 0. The van der Waals surface area contributed by atoms with Gasteiger partial charge in [-0.05, 0) is 38.1 Å². The summed E-state index contributed by atoms with van der Waals surface area (Å²) in [7, 11) is 1.30. The molecule has 3 rings (SSSR count). The van der Waals surface area contributed by atoms with E-state index in [1.54, 1.807) is 24.3 Å². The second kappa shape index (κ2) is 8.47. The zero-order valence-electron chi connectivity index (χ0n) is 16.1. The first kappa shape index (κ1) is 19.3. The topological polar surface area (TPSA) is 84.4 Å². The van der Waals surface area contributed by atoms with Crippen molar-refractivity contribution in [2.45, 2.75) is 13.8 Å². The van der Waals surface area contributed by atoms with E-state index in [0.717, 1.165) is 5.52 Å². The van der Waals surface area contributed by atoms with Crippen molar-refractivity contribution in [1.82, 2.24) is 9.97 Å². The standard InChI is InChI=1S/C21H22N4O3/c1-4-25(5-2)19-18(22-16-12-8-9-13-17(16)23-19)20(26)24-15-11-7-6-10-14(15)21(27)28-3/h6-13H,4-5H2,1-3H3,(H,24,26). The summed E-state index contributed by atoms with van der Waals surface area (Å²) < 4.78 is 4.79. The molecular weight excluding hydrogens is 356 g/mol. The van der Waals surface area contributed by atoms with Crippen LogP contribution in [0.4, 0.5) is 11.5 Å². The van der Waals surface area contributed by atoms with E-state index in [2.05, 4.69) is 15.3 Å². The van der Waals surface area contributed by atoms with Gasteiger partial charge in [0, 0.05) is 13.1 Å².